The van der Waals surface area contributed by atoms with Crippen molar-refractivity contribution in [2.24, 2.45) is 0 Å². The van der Waals surface area contributed by atoms with Gasteiger partial charge >= 0.3 is 0 Å². The summed E-state index contributed by atoms with van der Waals surface area (Å²) in [6.45, 7) is 1.83. The van der Waals surface area contributed by atoms with E-state index in [4.69, 9.17) is 4.98 Å². The molecule has 23 heavy (non-hydrogen) atoms. The highest BCUT2D eigenvalue weighted by Gasteiger charge is 2.17. The second kappa shape index (κ2) is 6.51. The highest BCUT2D eigenvalue weighted by molar-refractivity contribution is 5.83. The van der Waals surface area contributed by atoms with Crippen LogP contribution in [-0.4, -0.2) is 4.98 Å². The molecule has 1 aromatic heterocycles. The molecule has 1 aliphatic carbocycles. The van der Waals surface area contributed by atoms with Gasteiger partial charge in [0.05, 0.1) is 5.52 Å². The van der Waals surface area contributed by atoms with Gasteiger partial charge in [-0.2, -0.15) is 0 Å². The lowest BCUT2D eigenvalue weighted by Crippen LogP contribution is -2.17. The van der Waals surface area contributed by atoms with Crippen LogP contribution in [0.2, 0.25) is 0 Å². The number of hydrogen-bond acceptors (Lipinski definition) is 2. The van der Waals surface area contributed by atoms with Crippen LogP contribution in [0, 0.1) is 0 Å². The molecule has 0 unspecified atom stereocenters. The number of pyridine rings is 1. The Balaban J connectivity index is 1.64. The number of hydrogen-bond donors (Lipinski definition) is 1. The number of nitrogens with zero attached hydrogens (tertiary/aromatic N) is 1. The molecule has 0 radical (unpaired) electrons. The van der Waals surface area contributed by atoms with Gasteiger partial charge in [0.2, 0.25) is 0 Å². The van der Waals surface area contributed by atoms with Gasteiger partial charge in [-0.1, -0.05) is 48.5 Å². The van der Waals surface area contributed by atoms with Crippen LogP contribution in [0.15, 0.2) is 54.6 Å². The van der Waals surface area contributed by atoms with Crippen molar-refractivity contribution in [1.29, 1.82) is 0 Å². The van der Waals surface area contributed by atoms with E-state index in [-0.39, 0.29) is 0 Å². The van der Waals surface area contributed by atoms with Crippen LogP contribution in [-0.2, 0) is 25.9 Å². The van der Waals surface area contributed by atoms with E-state index in [1.807, 2.05) is 0 Å². The normalized spacial score (nSPS) is 13.9. The van der Waals surface area contributed by atoms with Crippen molar-refractivity contribution >= 4 is 10.9 Å². The molecule has 3 aromatic rings. The van der Waals surface area contributed by atoms with Crippen LogP contribution >= 0.6 is 0 Å². The minimum atomic E-state index is 0.909. The van der Waals surface area contributed by atoms with Crippen molar-refractivity contribution in [1.82, 2.24) is 10.3 Å². The van der Waals surface area contributed by atoms with Gasteiger partial charge in [-0.15, -0.1) is 0 Å². The molecule has 2 nitrogen and oxygen atoms in total. The van der Waals surface area contributed by atoms with Gasteiger partial charge in [0.15, 0.2) is 0 Å². The van der Waals surface area contributed by atoms with Gasteiger partial charge < -0.3 is 5.32 Å². The Morgan fingerprint density at radius 2 is 1.61 bits per heavy atom. The fourth-order valence-corrected chi connectivity index (χ4v) is 3.60. The molecular formula is C21H22N2. The topological polar surface area (TPSA) is 24.9 Å². The summed E-state index contributed by atoms with van der Waals surface area (Å²) < 4.78 is 0. The standard InChI is InChI=1S/C21H22N2/c1-2-8-16(9-3-1)14-22-15-19-17-10-4-6-12-20(17)23-21-13-7-5-11-18(19)21/h1-4,6,8-10,12,22H,5,7,11,13-15H2. The molecule has 0 amide bonds. The lowest BCUT2D eigenvalue weighted by molar-refractivity contribution is 0.644. The SMILES string of the molecule is c1ccc(CNCc2c3c(nc4ccccc24)CCCC3)cc1. The molecule has 1 N–H and O–H groups in total. The quantitative estimate of drug-likeness (QED) is 0.772. The van der Waals surface area contributed by atoms with E-state index in [1.165, 1.54) is 47.0 Å². The number of para-hydroxylation sites is 1. The fourth-order valence-electron chi connectivity index (χ4n) is 3.60. The first kappa shape index (κ1) is 14.4. The number of nitrogens with one attached hydrogen (secondary N) is 1. The van der Waals surface area contributed by atoms with Crippen LogP contribution in [0.5, 0.6) is 0 Å². The van der Waals surface area contributed by atoms with Gasteiger partial charge in [0, 0.05) is 24.2 Å². The van der Waals surface area contributed by atoms with E-state index in [2.05, 4.69) is 59.9 Å². The molecule has 4 rings (SSSR count). The average molecular weight is 302 g/mol. The van der Waals surface area contributed by atoms with Crippen LogP contribution in [0.1, 0.15) is 35.2 Å². The summed E-state index contributed by atoms with van der Waals surface area (Å²) in [4.78, 5) is 4.91. The molecule has 0 atom stereocenters. The maximum atomic E-state index is 4.91. The third-order valence-electron chi connectivity index (χ3n) is 4.76. The van der Waals surface area contributed by atoms with Crippen molar-refractivity contribution in [3.8, 4) is 0 Å². The summed E-state index contributed by atoms with van der Waals surface area (Å²) in [5.41, 5.74) is 6.76. The lowest BCUT2D eigenvalue weighted by Gasteiger charge is -2.21. The Morgan fingerprint density at radius 3 is 2.52 bits per heavy atom. The predicted octanol–water partition coefficient (Wildman–Crippen LogP) is 4.40. The largest absolute Gasteiger partial charge is 0.309 e. The Kier molecular flexibility index (Phi) is 4.08. The van der Waals surface area contributed by atoms with E-state index in [0.29, 0.717) is 0 Å². The first-order valence-electron chi connectivity index (χ1n) is 8.56. The molecule has 0 spiro atoms. The molecule has 1 heterocycles. The maximum absolute atomic E-state index is 4.91. The number of benzene rings is 2. The highest BCUT2D eigenvalue weighted by atomic mass is 14.9. The van der Waals surface area contributed by atoms with Crippen molar-refractivity contribution < 1.29 is 0 Å². The lowest BCUT2D eigenvalue weighted by atomic mass is 9.90. The fraction of sp³-hybridized carbons (Fsp3) is 0.286. The zero-order chi connectivity index (χ0) is 15.5. The van der Waals surface area contributed by atoms with Gasteiger partial charge in [0.1, 0.15) is 0 Å². The second-order valence-corrected chi connectivity index (χ2v) is 6.33. The Labute approximate surface area is 137 Å². The molecule has 0 fully saturated rings. The molecule has 0 aliphatic heterocycles. The van der Waals surface area contributed by atoms with Gasteiger partial charge in [0.25, 0.3) is 0 Å². The first-order valence-corrected chi connectivity index (χ1v) is 8.56. The minimum Gasteiger partial charge on any atom is -0.309 e. The third kappa shape index (κ3) is 2.99. The van der Waals surface area contributed by atoms with Crippen molar-refractivity contribution in [2.45, 2.75) is 38.8 Å². The zero-order valence-corrected chi connectivity index (χ0v) is 13.4. The smallest absolute Gasteiger partial charge is 0.0708 e. The van der Waals surface area contributed by atoms with E-state index < -0.39 is 0 Å². The molecule has 0 bridgehead atoms. The number of aryl methyl sites for hydroxylation is 1. The Morgan fingerprint density at radius 1 is 0.826 bits per heavy atom. The zero-order valence-electron chi connectivity index (χ0n) is 13.4. The maximum Gasteiger partial charge on any atom is 0.0708 e. The number of aromatic nitrogens is 1. The molecular weight excluding hydrogens is 280 g/mol. The molecule has 0 saturated heterocycles. The van der Waals surface area contributed by atoms with Crippen molar-refractivity contribution in [3.05, 3.63) is 77.0 Å². The first-order chi connectivity index (χ1) is 11.4. The highest BCUT2D eigenvalue weighted by Crippen LogP contribution is 2.29. The predicted molar refractivity (Wildman–Crippen MR) is 95.4 cm³/mol. The summed E-state index contributed by atoms with van der Waals surface area (Å²) >= 11 is 0. The van der Waals surface area contributed by atoms with E-state index >= 15 is 0 Å². The third-order valence-corrected chi connectivity index (χ3v) is 4.76. The van der Waals surface area contributed by atoms with Crippen LogP contribution in [0.3, 0.4) is 0 Å². The summed E-state index contributed by atoms with van der Waals surface area (Å²) in [6.07, 6.45) is 4.87. The van der Waals surface area contributed by atoms with Crippen molar-refractivity contribution in [2.75, 3.05) is 0 Å². The summed E-state index contributed by atoms with van der Waals surface area (Å²) in [5, 5.41) is 4.95. The summed E-state index contributed by atoms with van der Waals surface area (Å²) in [5.74, 6) is 0. The van der Waals surface area contributed by atoms with E-state index in [0.717, 1.165) is 25.0 Å². The monoisotopic (exact) mass is 302 g/mol. The Bertz CT molecular complexity index is 809. The van der Waals surface area contributed by atoms with Crippen LogP contribution in [0.4, 0.5) is 0 Å². The van der Waals surface area contributed by atoms with E-state index in [9.17, 15) is 0 Å². The van der Waals surface area contributed by atoms with Gasteiger partial charge in [-0.3, -0.25) is 4.98 Å². The second-order valence-electron chi connectivity index (χ2n) is 6.33. The molecule has 1 aliphatic rings. The molecule has 2 aromatic carbocycles. The van der Waals surface area contributed by atoms with E-state index in [1.54, 1.807) is 0 Å². The summed E-state index contributed by atoms with van der Waals surface area (Å²) in [7, 11) is 0. The van der Waals surface area contributed by atoms with Gasteiger partial charge in [-0.25, -0.2) is 0 Å². The Hall–Kier alpha value is -2.19. The van der Waals surface area contributed by atoms with Crippen molar-refractivity contribution in [3.63, 3.8) is 0 Å². The van der Waals surface area contributed by atoms with Gasteiger partial charge in [-0.05, 0) is 48.4 Å². The van der Waals surface area contributed by atoms with Crippen LogP contribution < -0.4 is 5.32 Å². The molecule has 116 valence electrons. The molecule has 2 heteroatoms. The molecule has 0 saturated carbocycles. The number of fused-ring (bicyclic) bond motifs is 2. The minimum absolute atomic E-state index is 0.909. The number of rotatable bonds is 4. The summed E-state index contributed by atoms with van der Waals surface area (Å²) in [6, 6.07) is 19.2. The average Bonchev–Trinajstić information content (AvgIpc) is 2.62. The van der Waals surface area contributed by atoms with Crippen LogP contribution in [0.25, 0.3) is 10.9 Å².